The topological polar surface area (TPSA) is 65.0 Å². The van der Waals surface area contributed by atoms with E-state index in [4.69, 9.17) is 14.9 Å². The van der Waals surface area contributed by atoms with Crippen molar-refractivity contribution in [2.24, 2.45) is 0 Å². The first-order chi connectivity index (χ1) is 14.7. The van der Waals surface area contributed by atoms with E-state index < -0.39 is 12.3 Å². The maximum Gasteiger partial charge on any atom is 0.167 e. The molecule has 30 heavy (non-hydrogen) atoms. The Labute approximate surface area is 188 Å². The molecule has 4 nitrogen and oxygen atoms in total. The Kier molecular flexibility index (Phi) is 16.4. The molecule has 0 bridgehead atoms. The predicted octanol–water partition coefficient (Wildman–Crippen LogP) is 5.00. The third-order valence-electron chi connectivity index (χ3n) is 4.48. The van der Waals surface area contributed by atoms with E-state index in [1.165, 1.54) is 0 Å². The summed E-state index contributed by atoms with van der Waals surface area (Å²) in [6.07, 6.45) is 31.6. The Hall–Kier alpha value is -1.37. The summed E-state index contributed by atoms with van der Waals surface area (Å²) in [6.45, 7) is 2.15. The first-order valence-corrected chi connectivity index (χ1v) is 11.6. The summed E-state index contributed by atoms with van der Waals surface area (Å²) >= 11 is 4.09. The normalized spacial score (nSPS) is 21.1. The fraction of sp³-hybridized carbons (Fsp3) is 0.520. The van der Waals surface area contributed by atoms with Gasteiger partial charge in [0, 0.05) is 5.75 Å². The molecule has 0 aromatic heterocycles. The summed E-state index contributed by atoms with van der Waals surface area (Å²) in [5.74, 6) is 0.351. The largest absolute Gasteiger partial charge is 0.367 e. The summed E-state index contributed by atoms with van der Waals surface area (Å²) in [7, 11) is 0. The molecular weight excluding hydrogens is 394 g/mol. The van der Waals surface area contributed by atoms with Crippen LogP contribution in [-0.2, 0) is 4.74 Å². The molecule has 1 aliphatic rings. The van der Waals surface area contributed by atoms with Gasteiger partial charge in [0.25, 0.3) is 0 Å². The quantitative estimate of drug-likeness (QED) is 0.113. The molecule has 5 heteroatoms. The Morgan fingerprint density at radius 3 is 1.60 bits per heavy atom. The molecule has 0 amide bonds. The van der Waals surface area contributed by atoms with E-state index in [0.717, 1.165) is 44.9 Å². The molecule has 1 rings (SSSR count). The minimum atomic E-state index is -1.42. The van der Waals surface area contributed by atoms with Gasteiger partial charge < -0.3 is 14.9 Å². The lowest BCUT2D eigenvalue weighted by Gasteiger charge is -2.16. The molecule has 3 atom stereocenters. The molecule has 1 saturated heterocycles. The van der Waals surface area contributed by atoms with Crippen molar-refractivity contribution in [3.63, 3.8) is 0 Å². The van der Waals surface area contributed by atoms with Gasteiger partial charge in [-0.25, -0.2) is 0 Å². The fourth-order valence-electron chi connectivity index (χ4n) is 2.66. The van der Waals surface area contributed by atoms with Crippen LogP contribution in [0.15, 0.2) is 72.9 Å². The van der Waals surface area contributed by atoms with Crippen LogP contribution in [0.25, 0.3) is 0 Å². The molecule has 168 valence electrons. The van der Waals surface area contributed by atoms with Gasteiger partial charge in [0.2, 0.25) is 0 Å². The van der Waals surface area contributed by atoms with Gasteiger partial charge in [-0.05, 0) is 44.9 Å². The van der Waals surface area contributed by atoms with E-state index in [-0.39, 0.29) is 12.3 Å². The number of epoxide rings is 1. The van der Waals surface area contributed by atoms with Crippen molar-refractivity contribution in [1.29, 1.82) is 0 Å². The molecule has 3 N–H and O–H groups in total. The monoisotopic (exact) mass is 433 g/mol. The zero-order valence-electron chi connectivity index (χ0n) is 18.1. The van der Waals surface area contributed by atoms with Crippen LogP contribution in [-0.4, -0.2) is 40.6 Å². The second-order valence-electron chi connectivity index (χ2n) is 7.12. The first kappa shape index (κ1) is 26.7. The zero-order valence-corrected chi connectivity index (χ0v) is 19.0. The molecule has 3 unspecified atom stereocenters. The Morgan fingerprint density at radius 2 is 1.20 bits per heavy atom. The molecule has 1 fully saturated rings. The third-order valence-corrected chi connectivity index (χ3v) is 4.88. The molecule has 1 aliphatic heterocycles. The van der Waals surface area contributed by atoms with E-state index in [2.05, 4.69) is 97.8 Å². The first-order valence-electron chi connectivity index (χ1n) is 11.0. The van der Waals surface area contributed by atoms with Crippen LogP contribution in [0.5, 0.6) is 0 Å². The summed E-state index contributed by atoms with van der Waals surface area (Å²) in [6, 6.07) is -0.464. The Balaban J connectivity index is 1.98. The lowest BCUT2D eigenvalue weighted by atomic mass is 10.2. The average Bonchev–Trinajstić information content (AvgIpc) is 3.48. The number of allylic oxidation sites excluding steroid dienone is 11. The van der Waals surface area contributed by atoms with Crippen LogP contribution in [0, 0.1) is 0 Å². The van der Waals surface area contributed by atoms with Gasteiger partial charge >= 0.3 is 0 Å². The smallest absolute Gasteiger partial charge is 0.167 e. The number of nitrogens with one attached hydrogen (secondary N) is 1. The zero-order chi connectivity index (χ0) is 21.9. The van der Waals surface area contributed by atoms with Crippen molar-refractivity contribution in [3.05, 3.63) is 72.9 Å². The van der Waals surface area contributed by atoms with Crippen LogP contribution in [0.1, 0.15) is 51.9 Å². The van der Waals surface area contributed by atoms with Crippen molar-refractivity contribution >= 4 is 12.6 Å². The molecule has 0 aromatic carbocycles. The highest BCUT2D eigenvalue weighted by Crippen LogP contribution is 2.24. The van der Waals surface area contributed by atoms with Crippen molar-refractivity contribution < 1.29 is 14.9 Å². The number of hydrogen-bond acceptors (Lipinski definition) is 5. The molecule has 1 heterocycles. The predicted molar refractivity (Wildman–Crippen MR) is 130 cm³/mol. The highest BCUT2D eigenvalue weighted by Gasteiger charge is 2.39. The van der Waals surface area contributed by atoms with Crippen LogP contribution >= 0.6 is 12.6 Å². The van der Waals surface area contributed by atoms with E-state index in [9.17, 15) is 0 Å². The van der Waals surface area contributed by atoms with E-state index in [0.29, 0.717) is 5.75 Å². The Morgan fingerprint density at radius 1 is 0.767 bits per heavy atom. The second kappa shape index (κ2) is 18.4. The van der Waals surface area contributed by atoms with Gasteiger partial charge in [0.15, 0.2) is 6.29 Å². The number of thiol groups is 1. The standard InChI is InChI=1S/C25H39NO3S/c1-2-3-4-5-6-7-8-9-10-11-12-13-14-15-16-17-18-19-20-23-24(29-23)26-22(21-30)25(27)28/h3-4,6-7,9-10,12-13,15-16,18-19,22-28,30H,2,5,8,11,14,17,20-21H2,1H3. The number of aliphatic hydroxyl groups is 2. The molecule has 0 spiro atoms. The molecule has 0 saturated carbocycles. The van der Waals surface area contributed by atoms with E-state index in [1.807, 2.05) is 0 Å². The second-order valence-corrected chi connectivity index (χ2v) is 7.48. The maximum atomic E-state index is 9.17. The summed E-state index contributed by atoms with van der Waals surface area (Å²) in [4.78, 5) is 0. The molecule has 0 aromatic rings. The minimum Gasteiger partial charge on any atom is -0.367 e. The minimum absolute atomic E-state index is 0.107. The van der Waals surface area contributed by atoms with Crippen molar-refractivity contribution in [3.8, 4) is 0 Å². The summed E-state index contributed by atoms with van der Waals surface area (Å²) in [5.41, 5.74) is 0. The third kappa shape index (κ3) is 14.6. The van der Waals surface area contributed by atoms with Crippen LogP contribution in [0.2, 0.25) is 0 Å². The van der Waals surface area contributed by atoms with E-state index >= 15 is 0 Å². The van der Waals surface area contributed by atoms with Gasteiger partial charge in [-0.2, -0.15) is 12.6 Å². The van der Waals surface area contributed by atoms with Crippen LogP contribution < -0.4 is 5.32 Å². The van der Waals surface area contributed by atoms with Crippen LogP contribution in [0.3, 0.4) is 0 Å². The van der Waals surface area contributed by atoms with Gasteiger partial charge in [-0.1, -0.05) is 79.8 Å². The lowest BCUT2D eigenvalue weighted by molar-refractivity contribution is -0.0633. The highest BCUT2D eigenvalue weighted by atomic mass is 32.1. The number of ether oxygens (including phenoxy) is 1. The highest BCUT2D eigenvalue weighted by molar-refractivity contribution is 7.80. The number of hydrogen-bond donors (Lipinski definition) is 4. The molecule has 0 radical (unpaired) electrons. The Bertz CT molecular complexity index is 593. The van der Waals surface area contributed by atoms with Crippen molar-refractivity contribution in [2.45, 2.75) is 76.5 Å². The maximum absolute atomic E-state index is 9.17. The van der Waals surface area contributed by atoms with Crippen LogP contribution in [0.4, 0.5) is 0 Å². The fourth-order valence-corrected chi connectivity index (χ4v) is 2.96. The summed E-state index contributed by atoms with van der Waals surface area (Å²) in [5, 5.41) is 21.4. The van der Waals surface area contributed by atoms with Crippen molar-refractivity contribution in [2.75, 3.05) is 5.75 Å². The average molecular weight is 434 g/mol. The van der Waals surface area contributed by atoms with Crippen molar-refractivity contribution in [1.82, 2.24) is 5.32 Å². The van der Waals surface area contributed by atoms with Gasteiger partial charge in [0.1, 0.15) is 12.3 Å². The lowest BCUT2D eigenvalue weighted by Crippen LogP contribution is -2.43. The van der Waals surface area contributed by atoms with E-state index in [1.54, 1.807) is 0 Å². The summed E-state index contributed by atoms with van der Waals surface area (Å²) < 4.78 is 5.48. The van der Waals surface area contributed by atoms with Gasteiger partial charge in [0.05, 0.1) is 6.04 Å². The van der Waals surface area contributed by atoms with Gasteiger partial charge in [-0.3, -0.25) is 5.32 Å². The number of rotatable bonds is 17. The number of aliphatic hydroxyl groups excluding tert-OH is 1. The SMILES string of the molecule is CCC=CCC=CCC=CCC=CCC=CCC=CCC1OC1NC(CS)C(O)O. The molecular formula is C25H39NO3S. The van der Waals surface area contributed by atoms with Gasteiger partial charge in [-0.15, -0.1) is 0 Å². The molecule has 0 aliphatic carbocycles.